The van der Waals surface area contributed by atoms with Crippen LogP contribution in [0.1, 0.15) is 12.8 Å². The molecule has 84 valence electrons. The normalized spacial score (nSPS) is 29.3. The molecule has 0 aromatic carbocycles. The second kappa shape index (κ2) is 4.90. The van der Waals surface area contributed by atoms with E-state index in [0.717, 1.165) is 5.70 Å². The van der Waals surface area contributed by atoms with E-state index in [1.165, 1.54) is 0 Å². The van der Waals surface area contributed by atoms with Crippen molar-refractivity contribution in [1.29, 1.82) is 0 Å². The fraction of sp³-hybridized carbons (Fsp3) is 0.333. The highest BCUT2D eigenvalue weighted by molar-refractivity contribution is 5.23. The lowest BCUT2D eigenvalue weighted by atomic mass is 10.1. The van der Waals surface area contributed by atoms with Crippen molar-refractivity contribution < 1.29 is 10.2 Å². The van der Waals surface area contributed by atoms with E-state index in [1.54, 1.807) is 24.3 Å². The van der Waals surface area contributed by atoms with Gasteiger partial charge in [0.15, 0.2) is 0 Å². The highest BCUT2D eigenvalue weighted by atomic mass is 16.3. The SMILES string of the molecule is OC1=CCC(/N=N/C2=CCC(O)C=C2)C=C1. The van der Waals surface area contributed by atoms with Crippen LogP contribution in [0.25, 0.3) is 0 Å². The van der Waals surface area contributed by atoms with Crippen molar-refractivity contribution in [3.05, 3.63) is 47.9 Å². The van der Waals surface area contributed by atoms with Gasteiger partial charge in [0.1, 0.15) is 5.76 Å². The van der Waals surface area contributed by atoms with Gasteiger partial charge >= 0.3 is 0 Å². The van der Waals surface area contributed by atoms with Crippen molar-refractivity contribution in [2.24, 2.45) is 10.2 Å². The summed E-state index contributed by atoms with van der Waals surface area (Å²) in [5, 5.41) is 26.6. The molecule has 0 aromatic rings. The van der Waals surface area contributed by atoms with Gasteiger partial charge in [0.05, 0.1) is 17.8 Å². The summed E-state index contributed by atoms with van der Waals surface area (Å²) >= 11 is 0. The van der Waals surface area contributed by atoms with Crippen molar-refractivity contribution in [2.75, 3.05) is 0 Å². The lowest BCUT2D eigenvalue weighted by Gasteiger charge is -2.09. The number of allylic oxidation sites excluding steroid dienone is 2. The van der Waals surface area contributed by atoms with Gasteiger partial charge in [-0.25, -0.2) is 0 Å². The Bertz CT molecular complexity index is 405. The molecule has 0 aliphatic heterocycles. The van der Waals surface area contributed by atoms with Gasteiger partial charge in [0, 0.05) is 0 Å². The summed E-state index contributed by atoms with van der Waals surface area (Å²) in [7, 11) is 0. The van der Waals surface area contributed by atoms with E-state index in [-0.39, 0.29) is 11.8 Å². The first-order chi connectivity index (χ1) is 7.74. The molecule has 4 heteroatoms. The predicted molar refractivity (Wildman–Crippen MR) is 61.0 cm³/mol. The van der Waals surface area contributed by atoms with E-state index in [0.29, 0.717) is 12.8 Å². The summed E-state index contributed by atoms with van der Waals surface area (Å²) in [5.41, 5.74) is 0.775. The average Bonchev–Trinajstić information content (AvgIpc) is 2.30. The number of hydrogen-bond donors (Lipinski definition) is 2. The van der Waals surface area contributed by atoms with Crippen LogP contribution in [0, 0.1) is 0 Å². The standard InChI is InChI=1S/C12H14N2O2/c15-11-5-1-9(2-6-11)13-14-10-3-7-12(16)8-4-10/h1-3,5,7-8,10-11,15-16H,4,6H2/b14-13+. The Morgan fingerprint density at radius 3 is 2.62 bits per heavy atom. The van der Waals surface area contributed by atoms with Gasteiger partial charge in [-0.15, -0.1) is 0 Å². The molecule has 0 saturated carbocycles. The summed E-state index contributed by atoms with van der Waals surface area (Å²) in [5.74, 6) is 0.284. The zero-order valence-electron chi connectivity index (χ0n) is 8.82. The maximum absolute atomic E-state index is 9.22. The second-order valence-electron chi connectivity index (χ2n) is 3.80. The molecule has 0 spiro atoms. The Hall–Kier alpha value is -1.68. The van der Waals surface area contributed by atoms with Gasteiger partial charge < -0.3 is 10.2 Å². The Morgan fingerprint density at radius 1 is 1.12 bits per heavy atom. The fourth-order valence-corrected chi connectivity index (χ4v) is 1.50. The van der Waals surface area contributed by atoms with Gasteiger partial charge in [0.25, 0.3) is 0 Å². The molecule has 2 N–H and O–H groups in total. The molecule has 0 saturated heterocycles. The molecule has 0 aromatic heterocycles. The third-order valence-electron chi connectivity index (χ3n) is 2.44. The summed E-state index contributed by atoms with van der Waals surface area (Å²) in [6.07, 6.45) is 11.4. The molecular formula is C12H14N2O2. The molecule has 2 rings (SSSR count). The van der Waals surface area contributed by atoms with Crippen LogP contribution in [0.15, 0.2) is 58.1 Å². The first-order valence-electron chi connectivity index (χ1n) is 5.28. The van der Waals surface area contributed by atoms with Gasteiger partial charge in [0.2, 0.25) is 0 Å². The summed E-state index contributed by atoms with van der Waals surface area (Å²) in [6, 6.07) is -0.00273. The van der Waals surface area contributed by atoms with Crippen LogP contribution in [-0.4, -0.2) is 22.4 Å². The third kappa shape index (κ3) is 2.90. The van der Waals surface area contributed by atoms with Gasteiger partial charge in [-0.05, 0) is 31.1 Å². The number of rotatable bonds is 2. The summed E-state index contributed by atoms with van der Waals surface area (Å²) in [6.45, 7) is 0. The van der Waals surface area contributed by atoms with Gasteiger partial charge in [-0.2, -0.15) is 10.2 Å². The molecule has 2 aliphatic rings. The van der Waals surface area contributed by atoms with Crippen LogP contribution < -0.4 is 0 Å². The van der Waals surface area contributed by atoms with E-state index in [4.69, 9.17) is 5.11 Å². The van der Waals surface area contributed by atoms with Crippen LogP contribution in [0.2, 0.25) is 0 Å². The predicted octanol–water partition coefficient (Wildman–Crippen LogP) is 2.41. The summed E-state index contributed by atoms with van der Waals surface area (Å²) in [4.78, 5) is 0. The lowest BCUT2D eigenvalue weighted by molar-refractivity contribution is 0.225. The van der Waals surface area contributed by atoms with Gasteiger partial charge in [-0.3, -0.25) is 0 Å². The molecule has 2 atom stereocenters. The number of aliphatic hydroxyl groups is 2. The Kier molecular flexibility index (Phi) is 3.31. The highest BCUT2D eigenvalue weighted by Crippen LogP contribution is 2.15. The number of azo groups is 1. The molecule has 16 heavy (non-hydrogen) atoms. The summed E-state index contributed by atoms with van der Waals surface area (Å²) < 4.78 is 0. The van der Waals surface area contributed by atoms with Crippen molar-refractivity contribution in [2.45, 2.75) is 25.0 Å². The van der Waals surface area contributed by atoms with E-state index in [9.17, 15) is 5.11 Å². The number of aliphatic hydroxyl groups excluding tert-OH is 2. The number of nitrogens with zero attached hydrogens (tertiary/aromatic N) is 2. The van der Waals surface area contributed by atoms with Gasteiger partial charge in [-0.1, -0.05) is 18.2 Å². The minimum Gasteiger partial charge on any atom is -0.508 e. The first-order valence-corrected chi connectivity index (χ1v) is 5.28. The van der Waals surface area contributed by atoms with E-state index < -0.39 is 6.10 Å². The van der Waals surface area contributed by atoms with Crippen LogP contribution in [0.3, 0.4) is 0 Å². The number of hydrogen-bond acceptors (Lipinski definition) is 4. The zero-order valence-corrected chi connectivity index (χ0v) is 8.82. The minimum atomic E-state index is -0.395. The molecule has 0 heterocycles. The van der Waals surface area contributed by atoms with E-state index >= 15 is 0 Å². The molecule has 2 aliphatic carbocycles. The first kappa shape index (κ1) is 10.8. The topological polar surface area (TPSA) is 65.2 Å². The third-order valence-corrected chi connectivity index (χ3v) is 2.44. The lowest BCUT2D eigenvalue weighted by Crippen LogP contribution is -2.04. The molecular weight excluding hydrogens is 204 g/mol. The molecule has 2 unspecified atom stereocenters. The smallest absolute Gasteiger partial charge is 0.111 e. The monoisotopic (exact) mass is 218 g/mol. The molecule has 0 fully saturated rings. The van der Waals surface area contributed by atoms with Crippen molar-refractivity contribution >= 4 is 0 Å². The molecule has 0 bridgehead atoms. The molecule has 0 radical (unpaired) electrons. The average molecular weight is 218 g/mol. The van der Waals surface area contributed by atoms with Crippen LogP contribution >= 0.6 is 0 Å². The van der Waals surface area contributed by atoms with Crippen molar-refractivity contribution in [3.63, 3.8) is 0 Å². The second-order valence-corrected chi connectivity index (χ2v) is 3.80. The van der Waals surface area contributed by atoms with Crippen molar-refractivity contribution in [3.8, 4) is 0 Å². The van der Waals surface area contributed by atoms with Crippen LogP contribution in [0.4, 0.5) is 0 Å². The maximum Gasteiger partial charge on any atom is 0.111 e. The highest BCUT2D eigenvalue weighted by Gasteiger charge is 2.07. The fourth-order valence-electron chi connectivity index (χ4n) is 1.50. The minimum absolute atomic E-state index is 0.00273. The molecule has 4 nitrogen and oxygen atoms in total. The van der Waals surface area contributed by atoms with Crippen LogP contribution in [-0.2, 0) is 0 Å². The Morgan fingerprint density at radius 2 is 2.00 bits per heavy atom. The van der Waals surface area contributed by atoms with Crippen molar-refractivity contribution in [1.82, 2.24) is 0 Å². The molecule has 0 amide bonds. The van der Waals surface area contributed by atoms with Crippen LogP contribution in [0.5, 0.6) is 0 Å². The Balaban J connectivity index is 1.91. The quantitative estimate of drug-likeness (QED) is 0.699. The Labute approximate surface area is 94.0 Å². The van der Waals surface area contributed by atoms with E-state index in [2.05, 4.69) is 10.2 Å². The van der Waals surface area contributed by atoms with E-state index in [1.807, 2.05) is 12.2 Å². The largest absolute Gasteiger partial charge is 0.508 e. The zero-order chi connectivity index (χ0) is 11.4. The maximum atomic E-state index is 9.22.